The van der Waals surface area contributed by atoms with E-state index in [0.717, 1.165) is 12.8 Å². The molecule has 2 heterocycles. The predicted molar refractivity (Wildman–Crippen MR) is 89.3 cm³/mol. The summed E-state index contributed by atoms with van der Waals surface area (Å²) in [6.07, 6.45) is 3.22. The summed E-state index contributed by atoms with van der Waals surface area (Å²) in [6.45, 7) is 4.55. The minimum atomic E-state index is -3.58. The van der Waals surface area contributed by atoms with Gasteiger partial charge >= 0.3 is 0 Å². The molecule has 0 saturated carbocycles. The van der Waals surface area contributed by atoms with E-state index in [4.69, 9.17) is 4.74 Å². The van der Waals surface area contributed by atoms with E-state index >= 15 is 0 Å². The van der Waals surface area contributed by atoms with Crippen LogP contribution in [0.15, 0.2) is 35.5 Å². The fraction of sp³-hybridized carbons (Fsp3) is 0.500. The highest BCUT2D eigenvalue weighted by Gasteiger charge is 2.38. The quantitative estimate of drug-likeness (QED) is 0.827. The number of aromatic nitrogens is 3. The van der Waals surface area contributed by atoms with Crippen molar-refractivity contribution in [3.63, 3.8) is 0 Å². The van der Waals surface area contributed by atoms with Crippen molar-refractivity contribution in [2.24, 2.45) is 0 Å². The molecule has 1 atom stereocenters. The molecule has 3 rings (SSSR count). The van der Waals surface area contributed by atoms with Crippen molar-refractivity contribution in [1.82, 2.24) is 19.1 Å². The van der Waals surface area contributed by atoms with E-state index in [9.17, 15) is 8.42 Å². The lowest BCUT2D eigenvalue weighted by Crippen LogP contribution is -2.32. The van der Waals surface area contributed by atoms with Crippen LogP contribution >= 0.6 is 0 Å². The molecule has 130 valence electrons. The highest BCUT2D eigenvalue weighted by molar-refractivity contribution is 7.89. The van der Waals surface area contributed by atoms with Gasteiger partial charge in [-0.05, 0) is 51.0 Å². The second-order valence-corrected chi connectivity index (χ2v) is 8.03. The first-order valence-electron chi connectivity index (χ1n) is 8.00. The number of benzene rings is 1. The zero-order chi connectivity index (χ0) is 17.3. The summed E-state index contributed by atoms with van der Waals surface area (Å²) in [7, 11) is -2.03. The summed E-state index contributed by atoms with van der Waals surface area (Å²) in [5.41, 5.74) is 0. The molecule has 1 aromatic heterocycles. The lowest BCUT2D eigenvalue weighted by Gasteiger charge is -2.24. The highest BCUT2D eigenvalue weighted by Crippen LogP contribution is 2.36. The Morgan fingerprint density at radius 1 is 1.25 bits per heavy atom. The molecule has 1 aliphatic heterocycles. The van der Waals surface area contributed by atoms with Gasteiger partial charge in [-0.2, -0.15) is 4.31 Å². The van der Waals surface area contributed by atoms with Gasteiger partial charge in [0.05, 0.1) is 18.0 Å². The van der Waals surface area contributed by atoms with E-state index in [1.807, 2.05) is 18.4 Å². The summed E-state index contributed by atoms with van der Waals surface area (Å²) >= 11 is 0. The van der Waals surface area contributed by atoms with Crippen molar-refractivity contribution in [2.75, 3.05) is 13.7 Å². The summed E-state index contributed by atoms with van der Waals surface area (Å²) < 4.78 is 34.7. The van der Waals surface area contributed by atoms with Gasteiger partial charge in [-0.1, -0.05) is 0 Å². The van der Waals surface area contributed by atoms with Gasteiger partial charge in [-0.25, -0.2) is 8.42 Å². The molecule has 1 aliphatic rings. The first-order chi connectivity index (χ1) is 11.4. The molecule has 1 saturated heterocycles. The lowest BCUT2D eigenvalue weighted by atomic mass is 10.2. The summed E-state index contributed by atoms with van der Waals surface area (Å²) in [5.74, 6) is 1.34. The Bertz CT molecular complexity index is 799. The number of hydrogen-bond acceptors (Lipinski definition) is 5. The SMILES string of the molecule is COc1ccc(S(=O)(=O)N2CCCC2c2nncn2C(C)C)cc1. The predicted octanol–water partition coefficient (Wildman–Crippen LogP) is 2.39. The number of ether oxygens (including phenoxy) is 1. The Labute approximate surface area is 142 Å². The number of rotatable bonds is 5. The Balaban J connectivity index is 1.95. The van der Waals surface area contributed by atoms with Gasteiger partial charge in [0.25, 0.3) is 0 Å². The maximum Gasteiger partial charge on any atom is 0.243 e. The molecule has 24 heavy (non-hydrogen) atoms. The molecular weight excluding hydrogens is 328 g/mol. The molecule has 0 spiro atoms. The Hall–Kier alpha value is -1.93. The molecule has 7 nitrogen and oxygen atoms in total. The maximum atomic E-state index is 13.0. The van der Waals surface area contributed by atoms with Gasteiger partial charge < -0.3 is 9.30 Å². The largest absolute Gasteiger partial charge is 0.497 e. The normalized spacial score (nSPS) is 19.1. The Kier molecular flexibility index (Phi) is 4.60. The van der Waals surface area contributed by atoms with Crippen LogP contribution in [-0.4, -0.2) is 41.1 Å². The molecular formula is C16H22N4O3S. The smallest absolute Gasteiger partial charge is 0.243 e. The average molecular weight is 350 g/mol. The number of hydrogen-bond donors (Lipinski definition) is 0. The van der Waals surface area contributed by atoms with Gasteiger partial charge in [0.15, 0.2) is 5.82 Å². The van der Waals surface area contributed by atoms with Crippen LogP contribution in [0.4, 0.5) is 0 Å². The zero-order valence-electron chi connectivity index (χ0n) is 14.1. The fourth-order valence-corrected chi connectivity index (χ4v) is 4.71. The molecule has 1 unspecified atom stereocenters. The average Bonchev–Trinajstić information content (AvgIpc) is 3.23. The third kappa shape index (κ3) is 2.91. The van der Waals surface area contributed by atoms with Gasteiger partial charge in [0.2, 0.25) is 10.0 Å². The molecule has 0 N–H and O–H groups in total. The van der Waals surface area contributed by atoms with Crippen molar-refractivity contribution in [3.05, 3.63) is 36.4 Å². The fourth-order valence-electron chi connectivity index (χ4n) is 3.06. The minimum absolute atomic E-state index is 0.182. The molecule has 0 amide bonds. The summed E-state index contributed by atoms with van der Waals surface area (Å²) in [4.78, 5) is 0.269. The summed E-state index contributed by atoms with van der Waals surface area (Å²) in [5, 5.41) is 8.17. The van der Waals surface area contributed by atoms with Crippen LogP contribution in [0.3, 0.4) is 0 Å². The molecule has 1 aromatic carbocycles. The molecule has 0 bridgehead atoms. The molecule has 0 radical (unpaired) electrons. The van der Waals surface area contributed by atoms with Crippen molar-refractivity contribution in [2.45, 2.75) is 43.7 Å². The van der Waals surface area contributed by atoms with Crippen molar-refractivity contribution < 1.29 is 13.2 Å². The van der Waals surface area contributed by atoms with E-state index in [0.29, 0.717) is 18.1 Å². The van der Waals surface area contributed by atoms with Crippen molar-refractivity contribution in [1.29, 1.82) is 0 Å². The third-order valence-corrected chi connectivity index (χ3v) is 6.25. The van der Waals surface area contributed by atoms with Crippen LogP contribution in [0.2, 0.25) is 0 Å². The highest BCUT2D eigenvalue weighted by atomic mass is 32.2. The van der Waals surface area contributed by atoms with Gasteiger partial charge in [0.1, 0.15) is 12.1 Å². The topological polar surface area (TPSA) is 77.3 Å². The summed E-state index contributed by atoms with van der Waals surface area (Å²) in [6, 6.07) is 6.39. The van der Waals surface area contributed by atoms with Gasteiger partial charge in [-0.15, -0.1) is 10.2 Å². The lowest BCUT2D eigenvalue weighted by molar-refractivity contribution is 0.366. The second kappa shape index (κ2) is 6.52. The van der Waals surface area contributed by atoms with Crippen LogP contribution in [0.1, 0.15) is 44.6 Å². The van der Waals surface area contributed by atoms with Crippen LogP contribution < -0.4 is 4.74 Å². The molecule has 0 aliphatic carbocycles. The minimum Gasteiger partial charge on any atom is -0.497 e. The van der Waals surface area contributed by atoms with E-state index < -0.39 is 10.0 Å². The molecule has 1 fully saturated rings. The van der Waals surface area contributed by atoms with Crippen LogP contribution in [0, 0.1) is 0 Å². The van der Waals surface area contributed by atoms with Crippen LogP contribution in [0.25, 0.3) is 0 Å². The van der Waals surface area contributed by atoms with Crippen LogP contribution in [0.5, 0.6) is 5.75 Å². The van der Waals surface area contributed by atoms with Gasteiger partial charge in [-0.3, -0.25) is 0 Å². The zero-order valence-corrected chi connectivity index (χ0v) is 14.9. The second-order valence-electron chi connectivity index (χ2n) is 6.14. The maximum absolute atomic E-state index is 13.0. The number of sulfonamides is 1. The standard InChI is InChI=1S/C16H22N4O3S/c1-12(2)19-11-17-18-16(19)15-5-4-10-20(15)24(21,22)14-8-6-13(23-3)7-9-14/h6-9,11-12,15H,4-5,10H2,1-3H3. The van der Waals surface area contributed by atoms with Crippen molar-refractivity contribution >= 4 is 10.0 Å². The van der Waals surface area contributed by atoms with E-state index in [-0.39, 0.29) is 17.0 Å². The van der Waals surface area contributed by atoms with Crippen molar-refractivity contribution in [3.8, 4) is 5.75 Å². The first kappa shape index (κ1) is 16.9. The third-order valence-electron chi connectivity index (χ3n) is 4.32. The Morgan fingerprint density at radius 2 is 1.96 bits per heavy atom. The number of nitrogens with zero attached hydrogens (tertiary/aromatic N) is 4. The molecule has 2 aromatic rings. The monoisotopic (exact) mass is 350 g/mol. The number of methoxy groups -OCH3 is 1. The Morgan fingerprint density at radius 3 is 2.58 bits per heavy atom. The van der Waals surface area contributed by atoms with Gasteiger partial charge in [0, 0.05) is 12.6 Å². The van der Waals surface area contributed by atoms with E-state index in [2.05, 4.69) is 10.2 Å². The first-order valence-corrected chi connectivity index (χ1v) is 9.44. The van der Waals surface area contributed by atoms with E-state index in [1.165, 1.54) is 4.31 Å². The van der Waals surface area contributed by atoms with E-state index in [1.54, 1.807) is 37.7 Å². The van der Waals surface area contributed by atoms with Crippen LogP contribution in [-0.2, 0) is 10.0 Å². The molecule has 8 heteroatoms.